The van der Waals surface area contributed by atoms with Crippen molar-refractivity contribution >= 4 is 28.5 Å². The van der Waals surface area contributed by atoms with E-state index in [0.29, 0.717) is 10.2 Å². The summed E-state index contributed by atoms with van der Waals surface area (Å²) in [6.07, 6.45) is 6.50. The highest BCUT2D eigenvalue weighted by Gasteiger charge is 2.43. The smallest absolute Gasteiger partial charge is 0.263 e. The number of fused-ring (bicyclic) bond motifs is 4. The predicted molar refractivity (Wildman–Crippen MR) is 150 cm³/mol. The van der Waals surface area contributed by atoms with Gasteiger partial charge in [0.2, 0.25) is 5.12 Å². The number of rotatable bonds is 4. The maximum absolute atomic E-state index is 14.5. The second-order valence-electron chi connectivity index (χ2n) is 10.0. The molecule has 1 saturated carbocycles. The average Bonchev–Trinajstić information content (AvgIpc) is 2.91. The molecular weight excluding hydrogens is 500 g/mol. The summed E-state index contributed by atoms with van der Waals surface area (Å²) in [5, 5.41) is 0.973. The molecule has 0 bridgehead atoms. The zero-order chi connectivity index (χ0) is 25.4. The SMILES string of the molecule is O=C(Cc1ccc(Cl)cc1)Sc1nc2c(c(=O)n1-c1ccccc1)C1(CCCCC1)Cc1ccccc1-2. The van der Waals surface area contributed by atoms with Crippen LogP contribution in [-0.4, -0.2) is 14.7 Å². The molecule has 4 aromatic rings. The van der Waals surface area contributed by atoms with Crippen molar-refractivity contribution in [3.8, 4) is 16.9 Å². The van der Waals surface area contributed by atoms with Crippen LogP contribution in [0.1, 0.15) is 48.8 Å². The van der Waals surface area contributed by atoms with Crippen molar-refractivity contribution in [3.05, 3.63) is 111 Å². The zero-order valence-electron chi connectivity index (χ0n) is 20.5. The Morgan fingerprint density at radius 1 is 0.919 bits per heavy atom. The third kappa shape index (κ3) is 4.55. The molecule has 1 fully saturated rings. The van der Waals surface area contributed by atoms with Crippen molar-refractivity contribution in [2.24, 2.45) is 0 Å². The van der Waals surface area contributed by atoms with Gasteiger partial charge in [0.15, 0.2) is 5.16 Å². The minimum atomic E-state index is -0.209. The Kier molecular flexibility index (Phi) is 6.51. The minimum absolute atomic E-state index is 0.0469. The molecule has 0 atom stereocenters. The van der Waals surface area contributed by atoms with Gasteiger partial charge in [-0.2, -0.15) is 0 Å². The van der Waals surface area contributed by atoms with Crippen molar-refractivity contribution in [1.82, 2.24) is 9.55 Å². The van der Waals surface area contributed by atoms with Crippen molar-refractivity contribution in [2.75, 3.05) is 0 Å². The van der Waals surface area contributed by atoms with Crippen molar-refractivity contribution in [1.29, 1.82) is 0 Å². The fourth-order valence-electron chi connectivity index (χ4n) is 5.97. The van der Waals surface area contributed by atoms with Crippen molar-refractivity contribution in [3.63, 3.8) is 0 Å². The molecule has 0 amide bonds. The number of thioether (sulfide) groups is 1. The lowest BCUT2D eigenvalue weighted by atomic mass is 9.62. The maximum atomic E-state index is 14.5. The van der Waals surface area contributed by atoms with Crippen LogP contribution in [0.3, 0.4) is 0 Å². The second kappa shape index (κ2) is 9.96. The van der Waals surface area contributed by atoms with Gasteiger partial charge in [-0.25, -0.2) is 4.98 Å². The first-order chi connectivity index (χ1) is 18.0. The van der Waals surface area contributed by atoms with Gasteiger partial charge in [-0.05, 0) is 66.4 Å². The summed E-state index contributed by atoms with van der Waals surface area (Å²) in [5.74, 6) is 0. The van der Waals surface area contributed by atoms with Gasteiger partial charge >= 0.3 is 0 Å². The Bertz CT molecular complexity index is 1520. The van der Waals surface area contributed by atoms with Crippen LogP contribution >= 0.6 is 23.4 Å². The summed E-state index contributed by atoms with van der Waals surface area (Å²) in [6, 6.07) is 25.2. The second-order valence-corrected chi connectivity index (χ2v) is 11.5. The summed E-state index contributed by atoms with van der Waals surface area (Å²) >= 11 is 7.06. The average molecular weight is 527 g/mol. The molecule has 1 aromatic heterocycles. The van der Waals surface area contributed by atoms with E-state index in [0.717, 1.165) is 71.9 Å². The van der Waals surface area contributed by atoms with E-state index in [1.165, 1.54) is 12.0 Å². The summed E-state index contributed by atoms with van der Waals surface area (Å²) in [6.45, 7) is 0. The maximum Gasteiger partial charge on any atom is 0.263 e. The van der Waals surface area contributed by atoms with E-state index in [9.17, 15) is 9.59 Å². The summed E-state index contributed by atoms with van der Waals surface area (Å²) < 4.78 is 1.66. The molecule has 0 unspecified atom stereocenters. The predicted octanol–water partition coefficient (Wildman–Crippen LogP) is 7.17. The highest BCUT2D eigenvalue weighted by Crippen LogP contribution is 2.49. The van der Waals surface area contributed by atoms with Crippen LogP contribution in [0.25, 0.3) is 16.9 Å². The Hall–Kier alpha value is -3.15. The van der Waals surface area contributed by atoms with Gasteiger partial charge in [-0.1, -0.05) is 85.5 Å². The van der Waals surface area contributed by atoms with E-state index in [4.69, 9.17) is 16.6 Å². The lowest BCUT2D eigenvalue weighted by Gasteiger charge is -2.42. The van der Waals surface area contributed by atoms with E-state index in [1.54, 1.807) is 16.7 Å². The fourth-order valence-corrected chi connectivity index (χ4v) is 6.95. The number of halogens is 1. The third-order valence-electron chi connectivity index (χ3n) is 7.68. The van der Waals surface area contributed by atoms with Gasteiger partial charge in [0.1, 0.15) is 0 Å². The molecule has 0 N–H and O–H groups in total. The number of hydrogen-bond donors (Lipinski definition) is 0. The molecule has 6 heteroatoms. The minimum Gasteiger partial charge on any atom is -0.286 e. The van der Waals surface area contributed by atoms with E-state index < -0.39 is 0 Å². The summed E-state index contributed by atoms with van der Waals surface area (Å²) in [7, 11) is 0. The molecule has 2 aliphatic rings. The number of para-hydroxylation sites is 1. The van der Waals surface area contributed by atoms with Crippen LogP contribution in [-0.2, 0) is 23.1 Å². The number of aromatic nitrogens is 2. The van der Waals surface area contributed by atoms with Gasteiger partial charge in [-0.15, -0.1) is 0 Å². The molecule has 2 aliphatic carbocycles. The zero-order valence-corrected chi connectivity index (χ0v) is 22.0. The molecule has 1 spiro atoms. The lowest BCUT2D eigenvalue weighted by molar-refractivity contribution is -0.110. The van der Waals surface area contributed by atoms with Crippen LogP contribution in [0.5, 0.6) is 0 Å². The van der Waals surface area contributed by atoms with Crippen LogP contribution < -0.4 is 5.56 Å². The molecule has 0 saturated heterocycles. The molecule has 186 valence electrons. The Morgan fingerprint density at radius 3 is 2.38 bits per heavy atom. The first-order valence-corrected chi connectivity index (χ1v) is 14.0. The largest absolute Gasteiger partial charge is 0.286 e. The highest BCUT2D eigenvalue weighted by atomic mass is 35.5. The van der Waals surface area contributed by atoms with E-state index in [2.05, 4.69) is 18.2 Å². The van der Waals surface area contributed by atoms with Crippen molar-refractivity contribution < 1.29 is 4.79 Å². The molecule has 37 heavy (non-hydrogen) atoms. The third-order valence-corrected chi connectivity index (χ3v) is 8.76. The van der Waals surface area contributed by atoms with Crippen molar-refractivity contribution in [2.45, 2.75) is 55.5 Å². The normalized spacial score (nSPS) is 15.7. The molecule has 0 radical (unpaired) electrons. The summed E-state index contributed by atoms with van der Waals surface area (Å²) in [4.78, 5) is 32.8. The van der Waals surface area contributed by atoms with Crippen LogP contribution in [0.4, 0.5) is 0 Å². The number of carbonyl (C=O) groups is 1. The highest BCUT2D eigenvalue weighted by molar-refractivity contribution is 8.13. The Balaban J connectivity index is 1.52. The summed E-state index contributed by atoms with van der Waals surface area (Å²) in [5.41, 5.74) is 5.18. The molecular formula is C31H27ClN2O2S. The first kappa shape index (κ1) is 24.2. The van der Waals surface area contributed by atoms with E-state index in [-0.39, 0.29) is 22.5 Å². The molecule has 0 aliphatic heterocycles. The quantitative estimate of drug-likeness (QED) is 0.209. The number of carbonyl (C=O) groups excluding carboxylic acids is 1. The van der Waals surface area contributed by atoms with Crippen LogP contribution in [0, 0.1) is 0 Å². The first-order valence-electron chi connectivity index (χ1n) is 12.8. The fraction of sp³-hybridized carbons (Fsp3) is 0.258. The van der Waals surface area contributed by atoms with Gasteiger partial charge in [-0.3, -0.25) is 14.2 Å². The van der Waals surface area contributed by atoms with Gasteiger partial charge in [0.05, 0.1) is 16.9 Å². The standard InChI is InChI=1S/C31H27ClN2O2S/c32-23-15-13-21(14-16-23)19-26(35)37-30-33-28-25-12-6-5-9-22(25)20-31(17-7-2-8-18-31)27(28)29(36)34(30)24-10-3-1-4-11-24/h1,3-6,9-16H,2,7-8,17-20H2. The van der Waals surface area contributed by atoms with E-state index >= 15 is 0 Å². The topological polar surface area (TPSA) is 52.0 Å². The Morgan fingerprint density at radius 2 is 1.62 bits per heavy atom. The molecule has 3 aromatic carbocycles. The van der Waals surface area contributed by atoms with Crippen LogP contribution in [0.15, 0.2) is 88.8 Å². The van der Waals surface area contributed by atoms with Crippen LogP contribution in [0.2, 0.25) is 5.02 Å². The molecule has 6 rings (SSSR count). The monoisotopic (exact) mass is 526 g/mol. The molecule has 1 heterocycles. The Labute approximate surface area is 225 Å². The number of nitrogens with zero attached hydrogens (tertiary/aromatic N) is 2. The van der Waals surface area contributed by atoms with Gasteiger partial charge < -0.3 is 0 Å². The van der Waals surface area contributed by atoms with Gasteiger partial charge in [0.25, 0.3) is 5.56 Å². The number of benzene rings is 3. The lowest BCUT2D eigenvalue weighted by Crippen LogP contribution is -2.43. The van der Waals surface area contributed by atoms with Gasteiger partial charge in [0, 0.05) is 22.4 Å². The van der Waals surface area contributed by atoms with E-state index in [1.807, 2.05) is 48.5 Å². The number of hydrogen-bond acceptors (Lipinski definition) is 4. The molecule has 4 nitrogen and oxygen atoms in total.